The highest BCUT2D eigenvalue weighted by Gasteiger charge is 2.17. The van der Waals surface area contributed by atoms with E-state index in [1.54, 1.807) is 25.1 Å². The van der Waals surface area contributed by atoms with E-state index in [1.165, 1.54) is 0 Å². The fourth-order valence-corrected chi connectivity index (χ4v) is 2.52. The Kier molecular flexibility index (Phi) is 7.36. The van der Waals surface area contributed by atoms with Gasteiger partial charge in [0.1, 0.15) is 5.75 Å². The summed E-state index contributed by atoms with van der Waals surface area (Å²) in [6, 6.07) is 10.9. The summed E-state index contributed by atoms with van der Waals surface area (Å²) in [5.41, 5.74) is 9.13. The lowest BCUT2D eigenvalue weighted by molar-refractivity contribution is -0.132. The average molecular weight is 397 g/mol. The van der Waals surface area contributed by atoms with Crippen molar-refractivity contribution in [1.82, 2.24) is 16.2 Å². The number of aryl methyl sites for hydroxylation is 3. The maximum atomic E-state index is 12.1. The van der Waals surface area contributed by atoms with Gasteiger partial charge < -0.3 is 10.1 Å². The molecule has 0 fully saturated rings. The highest BCUT2D eigenvalue weighted by molar-refractivity contribution is 5.96. The van der Waals surface area contributed by atoms with Gasteiger partial charge in [-0.15, -0.1) is 0 Å². The normalized spacial score (nSPS) is 11.3. The van der Waals surface area contributed by atoms with Crippen LogP contribution in [0, 0.1) is 27.7 Å². The summed E-state index contributed by atoms with van der Waals surface area (Å²) in [5.74, 6) is -0.796. The first-order valence-electron chi connectivity index (χ1n) is 9.36. The van der Waals surface area contributed by atoms with Crippen LogP contribution in [0.4, 0.5) is 0 Å². The summed E-state index contributed by atoms with van der Waals surface area (Å²) in [6.45, 7) is 9.06. The van der Waals surface area contributed by atoms with E-state index in [2.05, 4.69) is 16.2 Å². The molecule has 7 heteroatoms. The number of amides is 3. The molecule has 0 aliphatic carbocycles. The van der Waals surface area contributed by atoms with Crippen LogP contribution < -0.4 is 20.9 Å². The maximum Gasteiger partial charge on any atom is 0.279 e. The van der Waals surface area contributed by atoms with Crippen LogP contribution in [0.3, 0.4) is 0 Å². The average Bonchev–Trinajstić information content (AvgIpc) is 2.69. The Morgan fingerprint density at radius 2 is 1.66 bits per heavy atom. The van der Waals surface area contributed by atoms with Crippen molar-refractivity contribution >= 4 is 17.7 Å². The van der Waals surface area contributed by atoms with E-state index >= 15 is 0 Å². The zero-order valence-corrected chi connectivity index (χ0v) is 17.4. The van der Waals surface area contributed by atoms with Crippen LogP contribution in [-0.2, 0) is 9.59 Å². The molecule has 0 aliphatic rings. The molecule has 7 nitrogen and oxygen atoms in total. The van der Waals surface area contributed by atoms with Crippen molar-refractivity contribution in [1.29, 1.82) is 0 Å². The van der Waals surface area contributed by atoms with Gasteiger partial charge in [-0.2, -0.15) is 0 Å². The van der Waals surface area contributed by atoms with Gasteiger partial charge in [0.25, 0.3) is 17.7 Å². The number of carbonyl (C=O) groups is 3. The standard InChI is InChI=1S/C22H27N3O4/c1-13-9-10-18(11-15(13)3)22(28)23-12-20(26)24-25-21(27)17(5)29-19-8-6-7-14(2)16(19)4/h6-11,17H,12H2,1-5H3,(H,23,28)(H,24,26)(H,25,27)/t17-/m1/s1. The topological polar surface area (TPSA) is 96.5 Å². The molecule has 0 saturated heterocycles. The number of ether oxygens (including phenoxy) is 1. The van der Waals surface area contributed by atoms with Gasteiger partial charge in [-0.05, 0) is 75.1 Å². The minimum absolute atomic E-state index is 0.266. The van der Waals surface area contributed by atoms with Crippen molar-refractivity contribution in [3.63, 3.8) is 0 Å². The highest BCUT2D eigenvalue weighted by atomic mass is 16.5. The lowest BCUT2D eigenvalue weighted by atomic mass is 10.1. The Balaban J connectivity index is 1.79. The SMILES string of the molecule is Cc1ccc(C(=O)NCC(=O)NNC(=O)[C@@H](C)Oc2cccc(C)c2C)cc1C. The minimum Gasteiger partial charge on any atom is -0.481 e. The van der Waals surface area contributed by atoms with Gasteiger partial charge in [-0.3, -0.25) is 25.2 Å². The van der Waals surface area contributed by atoms with E-state index in [4.69, 9.17) is 4.74 Å². The quantitative estimate of drug-likeness (QED) is 0.652. The maximum absolute atomic E-state index is 12.1. The first-order valence-corrected chi connectivity index (χ1v) is 9.36. The summed E-state index contributed by atoms with van der Waals surface area (Å²) in [4.78, 5) is 36.2. The number of carbonyl (C=O) groups excluding carboxylic acids is 3. The molecule has 154 valence electrons. The van der Waals surface area contributed by atoms with E-state index in [-0.39, 0.29) is 12.5 Å². The van der Waals surface area contributed by atoms with Crippen LogP contribution in [0.5, 0.6) is 5.75 Å². The van der Waals surface area contributed by atoms with Gasteiger partial charge in [-0.1, -0.05) is 18.2 Å². The zero-order chi connectivity index (χ0) is 21.6. The predicted octanol–water partition coefficient (Wildman–Crippen LogP) is 2.26. The molecule has 0 aromatic heterocycles. The first kappa shape index (κ1) is 21.9. The van der Waals surface area contributed by atoms with Gasteiger partial charge in [0.05, 0.1) is 6.54 Å². The minimum atomic E-state index is -0.805. The molecule has 2 rings (SSSR count). The van der Waals surface area contributed by atoms with Crippen LogP contribution >= 0.6 is 0 Å². The molecule has 29 heavy (non-hydrogen) atoms. The Hall–Kier alpha value is -3.35. The number of benzene rings is 2. The summed E-state index contributed by atoms with van der Waals surface area (Å²) in [5, 5.41) is 2.52. The lowest BCUT2D eigenvalue weighted by Crippen LogP contribution is -2.50. The molecular formula is C22H27N3O4. The van der Waals surface area contributed by atoms with Crippen LogP contribution in [-0.4, -0.2) is 30.4 Å². The number of hydrogen-bond donors (Lipinski definition) is 3. The fourth-order valence-electron chi connectivity index (χ4n) is 2.52. The number of rotatable bonds is 6. The summed E-state index contributed by atoms with van der Waals surface area (Å²) in [7, 11) is 0. The fraction of sp³-hybridized carbons (Fsp3) is 0.318. The molecule has 2 aromatic rings. The molecule has 2 aromatic carbocycles. The van der Waals surface area contributed by atoms with Crippen molar-refractivity contribution in [2.24, 2.45) is 0 Å². The molecule has 0 spiro atoms. The van der Waals surface area contributed by atoms with E-state index < -0.39 is 17.9 Å². The Morgan fingerprint density at radius 1 is 0.931 bits per heavy atom. The van der Waals surface area contributed by atoms with E-state index in [0.29, 0.717) is 11.3 Å². The molecular weight excluding hydrogens is 370 g/mol. The molecule has 0 radical (unpaired) electrons. The lowest BCUT2D eigenvalue weighted by Gasteiger charge is -2.17. The smallest absolute Gasteiger partial charge is 0.279 e. The highest BCUT2D eigenvalue weighted by Crippen LogP contribution is 2.21. The van der Waals surface area contributed by atoms with Gasteiger partial charge in [0.2, 0.25) is 0 Å². The van der Waals surface area contributed by atoms with E-state index in [9.17, 15) is 14.4 Å². The van der Waals surface area contributed by atoms with Crippen molar-refractivity contribution in [3.05, 3.63) is 64.2 Å². The molecule has 0 heterocycles. The first-order chi connectivity index (χ1) is 13.7. The number of hydrogen-bond acceptors (Lipinski definition) is 4. The molecule has 3 N–H and O–H groups in total. The van der Waals surface area contributed by atoms with E-state index in [0.717, 1.165) is 22.3 Å². The second kappa shape index (κ2) is 9.73. The van der Waals surface area contributed by atoms with E-state index in [1.807, 2.05) is 45.9 Å². The molecule has 0 saturated carbocycles. The number of nitrogens with one attached hydrogen (secondary N) is 3. The van der Waals surface area contributed by atoms with Gasteiger partial charge in [0.15, 0.2) is 6.10 Å². The van der Waals surface area contributed by atoms with Crippen molar-refractivity contribution in [2.75, 3.05) is 6.54 Å². The molecule has 0 unspecified atom stereocenters. The third-order valence-corrected chi connectivity index (χ3v) is 4.73. The van der Waals surface area contributed by atoms with Crippen molar-refractivity contribution in [3.8, 4) is 5.75 Å². The Labute approximate surface area is 170 Å². The van der Waals surface area contributed by atoms with Crippen LogP contribution in [0.1, 0.15) is 39.5 Å². The van der Waals surface area contributed by atoms with Gasteiger partial charge >= 0.3 is 0 Å². The second-order valence-corrected chi connectivity index (χ2v) is 6.98. The van der Waals surface area contributed by atoms with Crippen LogP contribution in [0.2, 0.25) is 0 Å². The Morgan fingerprint density at radius 3 is 2.34 bits per heavy atom. The third kappa shape index (κ3) is 6.07. The largest absolute Gasteiger partial charge is 0.481 e. The van der Waals surface area contributed by atoms with Gasteiger partial charge in [0, 0.05) is 5.56 Å². The van der Waals surface area contributed by atoms with Crippen LogP contribution in [0.15, 0.2) is 36.4 Å². The summed E-state index contributed by atoms with van der Waals surface area (Å²) >= 11 is 0. The van der Waals surface area contributed by atoms with Crippen molar-refractivity contribution in [2.45, 2.75) is 40.7 Å². The number of hydrazine groups is 1. The third-order valence-electron chi connectivity index (χ3n) is 4.73. The second-order valence-electron chi connectivity index (χ2n) is 6.98. The molecule has 0 bridgehead atoms. The zero-order valence-electron chi connectivity index (χ0n) is 17.4. The van der Waals surface area contributed by atoms with Crippen LogP contribution in [0.25, 0.3) is 0 Å². The van der Waals surface area contributed by atoms with Crippen molar-refractivity contribution < 1.29 is 19.1 Å². The van der Waals surface area contributed by atoms with Gasteiger partial charge in [-0.25, -0.2) is 0 Å². The summed E-state index contributed by atoms with van der Waals surface area (Å²) in [6.07, 6.45) is -0.805. The predicted molar refractivity (Wildman–Crippen MR) is 111 cm³/mol. The Bertz CT molecular complexity index is 924. The monoisotopic (exact) mass is 397 g/mol. The molecule has 1 atom stereocenters. The summed E-state index contributed by atoms with van der Waals surface area (Å²) < 4.78 is 5.66. The molecule has 3 amide bonds. The molecule has 0 aliphatic heterocycles.